The Morgan fingerprint density at radius 1 is 1.42 bits per heavy atom. The lowest BCUT2D eigenvalue weighted by atomic mass is 9.91. The van der Waals surface area contributed by atoms with Gasteiger partial charge in [0.25, 0.3) is 10.0 Å². The van der Waals surface area contributed by atoms with Gasteiger partial charge in [0.05, 0.1) is 11.1 Å². The number of anilines is 2. The average Bonchev–Trinajstić information content (AvgIpc) is 2.91. The molecule has 0 bridgehead atoms. The van der Waals surface area contributed by atoms with Crippen LogP contribution in [0.5, 0.6) is 0 Å². The molecule has 3 rings (SSSR count). The number of sulfonamides is 1. The maximum absolute atomic E-state index is 12.5. The maximum atomic E-state index is 12.5. The maximum Gasteiger partial charge on any atom is 0.309 e. The van der Waals surface area contributed by atoms with Crippen molar-refractivity contribution in [3.8, 4) is 0 Å². The predicted octanol–water partition coefficient (Wildman–Crippen LogP) is 2.64. The number of fused-ring (bicyclic) bond motifs is 1. The van der Waals surface area contributed by atoms with E-state index >= 15 is 0 Å². The molecule has 0 radical (unpaired) electrons. The molecule has 128 valence electrons. The molecule has 1 aromatic carbocycles. The van der Waals surface area contributed by atoms with E-state index in [4.69, 9.17) is 4.42 Å². The number of hydrogen-bond donors (Lipinski definition) is 1. The van der Waals surface area contributed by atoms with Gasteiger partial charge in [0.15, 0.2) is 0 Å². The second-order valence-corrected chi connectivity index (χ2v) is 7.64. The highest BCUT2D eigenvalue weighted by atomic mass is 32.2. The van der Waals surface area contributed by atoms with Gasteiger partial charge in [0.2, 0.25) is 5.91 Å². The molecule has 8 heteroatoms. The Labute approximate surface area is 140 Å². The zero-order chi connectivity index (χ0) is 17.5. The van der Waals surface area contributed by atoms with Crippen LogP contribution in [0.4, 0.5) is 11.7 Å². The van der Waals surface area contributed by atoms with Gasteiger partial charge in [-0.3, -0.25) is 4.79 Å². The van der Waals surface area contributed by atoms with Crippen LogP contribution in [0.15, 0.2) is 33.7 Å². The normalized spacial score (nSPS) is 17.5. The molecular formula is C16H19N3O4S. The number of aromatic nitrogens is 1. The molecule has 1 amide bonds. The summed E-state index contributed by atoms with van der Waals surface area (Å²) >= 11 is 0. The minimum Gasteiger partial charge on any atom is -0.428 e. The number of benzene rings is 1. The molecule has 2 aromatic rings. The lowest BCUT2D eigenvalue weighted by molar-refractivity contribution is -0.116. The Morgan fingerprint density at radius 3 is 2.79 bits per heavy atom. The number of carbonyl (C=O) groups excluding carboxylic acids is 1. The fraction of sp³-hybridized carbons (Fsp3) is 0.375. The Morgan fingerprint density at radius 2 is 2.17 bits per heavy atom. The molecule has 7 nitrogen and oxygen atoms in total. The van der Waals surface area contributed by atoms with E-state index in [-0.39, 0.29) is 22.7 Å². The van der Waals surface area contributed by atoms with Crippen LogP contribution in [0.1, 0.15) is 37.5 Å². The van der Waals surface area contributed by atoms with Crippen LogP contribution in [0.2, 0.25) is 0 Å². The minimum atomic E-state index is -3.84. The number of oxazole rings is 1. The van der Waals surface area contributed by atoms with Crippen molar-refractivity contribution in [1.29, 1.82) is 0 Å². The lowest BCUT2D eigenvalue weighted by Crippen LogP contribution is -2.34. The standard InChI is InChI=1S/C16H19N3O4S/c1-10-6-7-19(12(3)20)15-8-13(4-5-14(10)15)24(21,22)18-16-17-9-11(2)23-16/h4-5,8-10H,6-7H2,1-3H3,(H,17,18). The van der Waals surface area contributed by atoms with Crippen molar-refractivity contribution in [3.63, 3.8) is 0 Å². The second kappa shape index (κ2) is 5.94. The van der Waals surface area contributed by atoms with Crippen molar-refractivity contribution >= 4 is 27.6 Å². The molecule has 1 aliphatic heterocycles. The highest BCUT2D eigenvalue weighted by molar-refractivity contribution is 7.92. The third-order valence-corrected chi connectivity index (χ3v) is 5.46. The first-order valence-corrected chi connectivity index (χ1v) is 9.13. The SMILES string of the molecule is CC(=O)N1CCC(C)c2ccc(S(=O)(=O)Nc3ncc(C)o3)cc21. The molecule has 1 aliphatic rings. The van der Waals surface area contributed by atoms with Crippen molar-refractivity contribution in [3.05, 3.63) is 35.7 Å². The molecule has 24 heavy (non-hydrogen) atoms. The third kappa shape index (κ3) is 3.01. The Kier molecular flexibility index (Phi) is 4.08. The molecular weight excluding hydrogens is 330 g/mol. The molecule has 1 unspecified atom stereocenters. The van der Waals surface area contributed by atoms with Gasteiger partial charge in [0, 0.05) is 19.2 Å². The highest BCUT2D eigenvalue weighted by Crippen LogP contribution is 2.36. The molecule has 0 saturated heterocycles. The number of hydrogen-bond acceptors (Lipinski definition) is 5. The number of carbonyl (C=O) groups is 1. The van der Waals surface area contributed by atoms with Crippen molar-refractivity contribution in [2.45, 2.75) is 38.0 Å². The summed E-state index contributed by atoms with van der Waals surface area (Å²) in [4.78, 5) is 17.4. The molecule has 2 heterocycles. The monoisotopic (exact) mass is 349 g/mol. The van der Waals surface area contributed by atoms with Crippen LogP contribution >= 0.6 is 0 Å². The minimum absolute atomic E-state index is 0.0671. The summed E-state index contributed by atoms with van der Waals surface area (Å²) in [6.07, 6.45) is 2.29. The van der Waals surface area contributed by atoms with E-state index in [9.17, 15) is 13.2 Å². The average molecular weight is 349 g/mol. The second-order valence-electron chi connectivity index (χ2n) is 5.96. The van der Waals surface area contributed by atoms with Crippen molar-refractivity contribution < 1.29 is 17.6 Å². The summed E-state index contributed by atoms with van der Waals surface area (Å²) in [5.41, 5.74) is 1.62. The van der Waals surface area contributed by atoms with Gasteiger partial charge in [-0.2, -0.15) is 0 Å². The molecule has 0 spiro atoms. The van der Waals surface area contributed by atoms with Crippen LogP contribution in [-0.4, -0.2) is 25.9 Å². The Bertz CT molecular complexity index is 888. The number of rotatable bonds is 3. The predicted molar refractivity (Wildman–Crippen MR) is 89.5 cm³/mol. The van der Waals surface area contributed by atoms with Gasteiger partial charge in [-0.1, -0.05) is 13.0 Å². The van der Waals surface area contributed by atoms with Gasteiger partial charge in [0.1, 0.15) is 5.76 Å². The van der Waals surface area contributed by atoms with Crippen molar-refractivity contribution in [2.75, 3.05) is 16.2 Å². The van der Waals surface area contributed by atoms with E-state index < -0.39 is 10.0 Å². The molecule has 1 N–H and O–H groups in total. The van der Waals surface area contributed by atoms with Crippen LogP contribution in [0.25, 0.3) is 0 Å². The highest BCUT2D eigenvalue weighted by Gasteiger charge is 2.27. The quantitative estimate of drug-likeness (QED) is 0.919. The van der Waals surface area contributed by atoms with Crippen molar-refractivity contribution in [2.24, 2.45) is 0 Å². The first-order valence-electron chi connectivity index (χ1n) is 7.65. The Hall–Kier alpha value is -2.35. The molecule has 0 fully saturated rings. The summed E-state index contributed by atoms with van der Waals surface area (Å²) in [7, 11) is -3.84. The lowest BCUT2D eigenvalue weighted by Gasteiger charge is -2.32. The first-order chi connectivity index (χ1) is 11.3. The van der Waals surface area contributed by atoms with Crippen LogP contribution < -0.4 is 9.62 Å². The van der Waals surface area contributed by atoms with Crippen LogP contribution in [0.3, 0.4) is 0 Å². The molecule has 0 aliphatic carbocycles. The van der Waals surface area contributed by atoms with E-state index in [2.05, 4.69) is 16.6 Å². The topological polar surface area (TPSA) is 92.5 Å². The summed E-state index contributed by atoms with van der Waals surface area (Å²) in [6.45, 7) is 5.81. The molecule has 0 saturated carbocycles. The third-order valence-electron chi connectivity index (χ3n) is 4.14. The largest absolute Gasteiger partial charge is 0.428 e. The number of nitrogens with one attached hydrogen (secondary N) is 1. The molecule has 1 atom stereocenters. The first kappa shape index (κ1) is 16.5. The number of amides is 1. The van der Waals surface area contributed by atoms with E-state index in [0.29, 0.717) is 18.0 Å². The van der Waals surface area contributed by atoms with E-state index in [1.165, 1.54) is 25.3 Å². The summed E-state index contributed by atoms with van der Waals surface area (Å²) in [5, 5.41) is 0. The summed E-state index contributed by atoms with van der Waals surface area (Å²) < 4.78 is 32.6. The van der Waals surface area contributed by atoms with Crippen molar-refractivity contribution in [1.82, 2.24) is 4.98 Å². The zero-order valence-electron chi connectivity index (χ0n) is 13.7. The van der Waals surface area contributed by atoms with E-state index in [1.807, 2.05) is 0 Å². The number of nitrogens with zero attached hydrogens (tertiary/aromatic N) is 2. The fourth-order valence-electron chi connectivity index (χ4n) is 2.84. The van der Waals surface area contributed by atoms with Gasteiger partial charge in [-0.25, -0.2) is 18.1 Å². The van der Waals surface area contributed by atoms with Gasteiger partial charge in [-0.15, -0.1) is 0 Å². The van der Waals surface area contributed by atoms with Crippen LogP contribution in [0, 0.1) is 6.92 Å². The van der Waals surface area contributed by atoms with Gasteiger partial charge >= 0.3 is 6.01 Å². The summed E-state index contributed by atoms with van der Waals surface area (Å²) in [5.74, 6) is 0.679. The molecule has 1 aromatic heterocycles. The van der Waals surface area contributed by atoms with Gasteiger partial charge in [-0.05, 0) is 37.0 Å². The summed E-state index contributed by atoms with van der Waals surface area (Å²) in [6, 6.07) is 4.76. The van der Waals surface area contributed by atoms with Gasteiger partial charge < -0.3 is 9.32 Å². The Balaban J connectivity index is 2.00. The fourth-order valence-corrected chi connectivity index (χ4v) is 3.80. The van der Waals surface area contributed by atoms with Crippen LogP contribution in [-0.2, 0) is 14.8 Å². The van der Waals surface area contributed by atoms with E-state index in [0.717, 1.165) is 12.0 Å². The smallest absolute Gasteiger partial charge is 0.309 e. The number of aryl methyl sites for hydroxylation is 1. The zero-order valence-corrected chi connectivity index (χ0v) is 14.6. The van der Waals surface area contributed by atoms with E-state index in [1.54, 1.807) is 17.9 Å².